The van der Waals surface area contributed by atoms with E-state index in [4.69, 9.17) is 22.7 Å². The number of halogens is 2. The van der Waals surface area contributed by atoms with E-state index in [-0.39, 0.29) is 10.7 Å². The van der Waals surface area contributed by atoms with Gasteiger partial charge in [-0.3, -0.25) is 10.7 Å². The van der Waals surface area contributed by atoms with E-state index in [1.54, 1.807) is 0 Å². The number of carbonyl (C=O) groups excluding carboxylic acids is 1. The fourth-order valence-electron chi connectivity index (χ4n) is 0.897. The largest absolute Gasteiger partial charge is 0.351 e. The molecule has 0 saturated carbocycles. The lowest BCUT2D eigenvalue weighted by Gasteiger charge is -2.09. The quantitative estimate of drug-likeness (QED) is 0.435. The van der Waals surface area contributed by atoms with Crippen LogP contribution in [0.4, 0.5) is 14.9 Å². The lowest BCUT2D eigenvalue weighted by molar-refractivity contribution is 0.253. The number of nitrogens with one attached hydrogen (secondary N) is 3. The first-order valence-electron chi connectivity index (χ1n) is 3.86. The summed E-state index contributed by atoms with van der Waals surface area (Å²) in [5, 5.41) is 11.5. The van der Waals surface area contributed by atoms with Crippen LogP contribution in [0.15, 0.2) is 18.2 Å². The summed E-state index contributed by atoms with van der Waals surface area (Å²) >= 11 is 5.67. The zero-order valence-electron chi connectivity index (χ0n) is 7.47. The van der Waals surface area contributed by atoms with Gasteiger partial charge in [0.25, 0.3) is 0 Å². The molecule has 0 atom stereocenters. The molecule has 5 nitrogen and oxygen atoms in total. The monoisotopic (exact) mass is 230 g/mol. The lowest BCUT2D eigenvalue weighted by Crippen LogP contribution is -2.38. The van der Waals surface area contributed by atoms with E-state index >= 15 is 0 Å². The van der Waals surface area contributed by atoms with Crippen molar-refractivity contribution < 1.29 is 9.18 Å². The first-order valence-corrected chi connectivity index (χ1v) is 4.24. The number of urea groups is 1. The molecule has 0 unspecified atom stereocenters. The molecule has 0 saturated heterocycles. The number of carbonyl (C=O) groups is 1. The minimum absolute atomic E-state index is 0.0853. The Kier molecular flexibility index (Phi) is 3.46. The van der Waals surface area contributed by atoms with Crippen molar-refractivity contribution in [2.45, 2.75) is 0 Å². The Labute approximate surface area is 89.9 Å². The summed E-state index contributed by atoms with van der Waals surface area (Å²) in [7, 11) is 0. The molecule has 15 heavy (non-hydrogen) atoms. The number of nitrogens with two attached hydrogens (primary N) is 1. The van der Waals surface area contributed by atoms with Crippen LogP contribution in [0.5, 0.6) is 0 Å². The molecule has 7 heteroatoms. The van der Waals surface area contributed by atoms with Crippen molar-refractivity contribution in [1.82, 2.24) is 5.32 Å². The third kappa shape index (κ3) is 3.10. The second-order valence-corrected chi connectivity index (χ2v) is 2.99. The Balaban J connectivity index is 2.80. The molecule has 0 bridgehead atoms. The predicted octanol–water partition coefficient (Wildman–Crippen LogP) is 1.49. The fourth-order valence-corrected chi connectivity index (χ4v) is 1.11. The Morgan fingerprint density at radius 3 is 2.73 bits per heavy atom. The number of primary amides is 1. The molecule has 0 fully saturated rings. The van der Waals surface area contributed by atoms with Crippen molar-refractivity contribution in [1.29, 1.82) is 5.41 Å². The van der Waals surface area contributed by atoms with E-state index < -0.39 is 17.8 Å². The summed E-state index contributed by atoms with van der Waals surface area (Å²) in [5.41, 5.74) is 4.68. The number of benzene rings is 1. The van der Waals surface area contributed by atoms with E-state index in [0.717, 1.165) is 0 Å². The van der Waals surface area contributed by atoms with Gasteiger partial charge in [0, 0.05) is 0 Å². The maximum Gasteiger partial charge on any atom is 0.318 e. The van der Waals surface area contributed by atoms with Gasteiger partial charge in [-0.1, -0.05) is 17.7 Å². The highest BCUT2D eigenvalue weighted by molar-refractivity contribution is 6.33. The van der Waals surface area contributed by atoms with Crippen LogP contribution in [0, 0.1) is 11.2 Å². The van der Waals surface area contributed by atoms with Crippen molar-refractivity contribution in [3.63, 3.8) is 0 Å². The molecule has 0 heterocycles. The van der Waals surface area contributed by atoms with Gasteiger partial charge in [0.2, 0.25) is 5.96 Å². The van der Waals surface area contributed by atoms with Gasteiger partial charge in [0.1, 0.15) is 5.82 Å². The topological polar surface area (TPSA) is 91.0 Å². The Bertz CT molecular complexity index is 389. The molecule has 1 aromatic rings. The third-order valence-electron chi connectivity index (χ3n) is 1.46. The van der Waals surface area contributed by atoms with Gasteiger partial charge in [-0.05, 0) is 12.1 Å². The van der Waals surface area contributed by atoms with Crippen LogP contribution in [0.25, 0.3) is 0 Å². The van der Waals surface area contributed by atoms with Crippen molar-refractivity contribution in [3.05, 3.63) is 29.0 Å². The second-order valence-electron chi connectivity index (χ2n) is 2.59. The zero-order chi connectivity index (χ0) is 11.4. The lowest BCUT2D eigenvalue weighted by atomic mass is 10.3. The van der Waals surface area contributed by atoms with Crippen LogP contribution >= 0.6 is 11.6 Å². The summed E-state index contributed by atoms with van der Waals surface area (Å²) in [6.07, 6.45) is 0. The van der Waals surface area contributed by atoms with Gasteiger partial charge in [0.15, 0.2) is 0 Å². The Hall–Kier alpha value is -1.82. The van der Waals surface area contributed by atoms with Gasteiger partial charge in [-0.2, -0.15) is 0 Å². The van der Waals surface area contributed by atoms with Crippen LogP contribution in [0.3, 0.4) is 0 Å². The molecule has 0 aliphatic rings. The molecular weight excluding hydrogens is 223 g/mol. The van der Waals surface area contributed by atoms with Crippen LogP contribution in [-0.4, -0.2) is 12.0 Å². The molecule has 1 aromatic carbocycles. The standard InChI is InChI=1S/C8H8ClFN4O/c9-4-2-1-3-5(10)6(4)13-7(11)14-8(12)15/h1-3H,(H5,11,12,13,14,15). The van der Waals surface area contributed by atoms with Crippen LogP contribution in [0.2, 0.25) is 5.02 Å². The van der Waals surface area contributed by atoms with E-state index in [9.17, 15) is 9.18 Å². The van der Waals surface area contributed by atoms with Gasteiger partial charge in [0.05, 0.1) is 10.7 Å². The average molecular weight is 231 g/mol. The Morgan fingerprint density at radius 2 is 2.20 bits per heavy atom. The number of amides is 2. The number of hydrogen-bond donors (Lipinski definition) is 4. The highest BCUT2D eigenvalue weighted by Gasteiger charge is 2.08. The SMILES string of the molecule is N=C(NC(N)=O)Nc1c(F)cccc1Cl. The zero-order valence-corrected chi connectivity index (χ0v) is 8.23. The molecule has 0 aromatic heterocycles. The third-order valence-corrected chi connectivity index (χ3v) is 1.78. The minimum atomic E-state index is -0.917. The molecule has 0 spiro atoms. The maximum absolute atomic E-state index is 13.2. The highest BCUT2D eigenvalue weighted by atomic mass is 35.5. The molecule has 0 radical (unpaired) electrons. The molecule has 5 N–H and O–H groups in total. The average Bonchev–Trinajstić information content (AvgIpc) is 2.10. The van der Waals surface area contributed by atoms with Gasteiger partial charge in [-0.25, -0.2) is 9.18 Å². The molecule has 0 aliphatic carbocycles. The number of hydrogen-bond acceptors (Lipinski definition) is 2. The second kappa shape index (κ2) is 4.61. The normalized spacial score (nSPS) is 9.47. The summed E-state index contributed by atoms with van der Waals surface area (Å²) in [6, 6.07) is 3.13. The number of para-hydroxylation sites is 1. The Morgan fingerprint density at radius 1 is 1.53 bits per heavy atom. The number of rotatable bonds is 1. The predicted molar refractivity (Wildman–Crippen MR) is 55.5 cm³/mol. The van der Waals surface area contributed by atoms with Crippen molar-refractivity contribution in [2.24, 2.45) is 5.73 Å². The molecule has 80 valence electrons. The van der Waals surface area contributed by atoms with Crippen molar-refractivity contribution in [3.8, 4) is 0 Å². The first kappa shape index (κ1) is 11.3. The molecule has 0 aliphatic heterocycles. The van der Waals surface area contributed by atoms with Crippen LogP contribution in [0.1, 0.15) is 0 Å². The van der Waals surface area contributed by atoms with Gasteiger partial charge < -0.3 is 11.1 Å². The fraction of sp³-hybridized carbons (Fsp3) is 0. The minimum Gasteiger partial charge on any atom is -0.351 e. The van der Waals surface area contributed by atoms with Gasteiger partial charge >= 0.3 is 6.03 Å². The molecule has 1 rings (SSSR count). The first-order chi connectivity index (χ1) is 7.00. The highest BCUT2D eigenvalue weighted by Crippen LogP contribution is 2.24. The van der Waals surface area contributed by atoms with E-state index in [1.807, 2.05) is 5.32 Å². The summed E-state index contributed by atoms with van der Waals surface area (Å²) < 4.78 is 13.2. The summed E-state index contributed by atoms with van der Waals surface area (Å²) in [4.78, 5) is 10.4. The van der Waals surface area contributed by atoms with E-state index in [1.165, 1.54) is 18.2 Å². The molecular formula is C8H8ClFN4O. The molecule has 2 amide bonds. The van der Waals surface area contributed by atoms with Crippen molar-refractivity contribution >= 4 is 29.3 Å². The summed E-state index contributed by atoms with van der Waals surface area (Å²) in [5.74, 6) is -1.08. The van der Waals surface area contributed by atoms with E-state index in [0.29, 0.717) is 0 Å². The van der Waals surface area contributed by atoms with E-state index in [2.05, 4.69) is 5.32 Å². The van der Waals surface area contributed by atoms with Gasteiger partial charge in [-0.15, -0.1) is 0 Å². The van der Waals surface area contributed by atoms with Crippen LogP contribution in [-0.2, 0) is 0 Å². The number of anilines is 1. The van der Waals surface area contributed by atoms with Crippen molar-refractivity contribution in [2.75, 3.05) is 5.32 Å². The smallest absolute Gasteiger partial charge is 0.318 e. The number of guanidine groups is 1. The summed E-state index contributed by atoms with van der Waals surface area (Å²) in [6.45, 7) is 0. The van der Waals surface area contributed by atoms with Crippen LogP contribution < -0.4 is 16.4 Å². The maximum atomic E-state index is 13.2.